The molecular weight excluding hydrogens is 230 g/mol. The quantitative estimate of drug-likeness (QED) is 0.284. The molecule has 7 heteroatoms. The molecule has 0 aromatic heterocycles. The van der Waals surface area contributed by atoms with Gasteiger partial charge in [0, 0.05) is 0 Å². The van der Waals surface area contributed by atoms with Crippen LogP contribution < -0.4 is 29.6 Å². The van der Waals surface area contributed by atoms with Gasteiger partial charge in [0.05, 0.1) is 0 Å². The Morgan fingerprint density at radius 3 is 1.75 bits per heavy atom. The summed E-state index contributed by atoms with van der Waals surface area (Å²) in [5.74, 6) is 0. The van der Waals surface area contributed by atoms with E-state index in [-0.39, 0.29) is 29.6 Å². The van der Waals surface area contributed by atoms with Crippen LogP contribution in [0.4, 0.5) is 0 Å². The Morgan fingerprint density at radius 1 is 1.62 bits per heavy atom. The molecule has 0 amide bonds. The van der Waals surface area contributed by atoms with Gasteiger partial charge in [-0.05, 0) is 0 Å². The van der Waals surface area contributed by atoms with Crippen molar-refractivity contribution in [3.05, 3.63) is 0 Å². The van der Waals surface area contributed by atoms with E-state index in [0.717, 1.165) is 0 Å². The van der Waals surface area contributed by atoms with Crippen LogP contribution >= 0.6 is 27.5 Å². The van der Waals surface area contributed by atoms with Crippen LogP contribution in [-0.4, -0.2) is 16.6 Å². The second kappa shape index (κ2) is 4.49. The monoisotopic (exact) mass is 230 g/mol. The summed E-state index contributed by atoms with van der Waals surface area (Å²) in [4.78, 5) is 0. The first kappa shape index (κ1) is 12.4. The average Bonchev–Trinajstić information content (AvgIpc) is 1.31. The molecule has 0 aliphatic carbocycles. The smallest absolute Gasteiger partial charge is 0.746 e. The maximum absolute atomic E-state index is 9.60. The van der Waals surface area contributed by atoms with E-state index >= 15 is 0 Å². The molecule has 44 valence electrons. The van der Waals surface area contributed by atoms with Crippen LogP contribution in [0, 0.1) is 0 Å². The number of hydrogen-bond donors (Lipinski definition) is 0. The van der Waals surface area contributed by atoms with Crippen LogP contribution in [0.1, 0.15) is 0 Å². The minimum Gasteiger partial charge on any atom is -0.746 e. The van der Waals surface area contributed by atoms with E-state index in [1.807, 2.05) is 0 Å². The fourth-order valence-electron chi connectivity index (χ4n) is 0. The van der Waals surface area contributed by atoms with Gasteiger partial charge in [0.15, 0.2) is 3.62 Å². The molecule has 0 aromatic rings. The Hall–Kier alpha value is 1.68. The summed E-state index contributed by atoms with van der Waals surface area (Å²) in [6.07, 6.45) is 0. The Morgan fingerprint density at radius 2 is 1.75 bits per heavy atom. The summed E-state index contributed by atoms with van der Waals surface area (Å²) in [7, 11) is -4.31. The number of rotatable bonds is 1. The van der Waals surface area contributed by atoms with Gasteiger partial charge in [-0.2, -0.15) is 0 Å². The zero-order valence-corrected chi connectivity index (χ0v) is 9.12. The van der Waals surface area contributed by atoms with Gasteiger partial charge in [0.1, 0.15) is 10.1 Å². The molecule has 0 aromatic carbocycles. The predicted octanol–water partition coefficient (Wildman–Crippen LogP) is -2.55. The van der Waals surface area contributed by atoms with Crippen LogP contribution in [0.15, 0.2) is 0 Å². The molecule has 0 aliphatic heterocycles. The van der Waals surface area contributed by atoms with Crippen LogP contribution in [0.5, 0.6) is 0 Å². The van der Waals surface area contributed by atoms with E-state index in [4.69, 9.17) is 11.6 Å². The van der Waals surface area contributed by atoms with Crippen molar-refractivity contribution in [2.45, 2.75) is 3.62 Å². The molecule has 0 radical (unpaired) electrons. The fourth-order valence-corrected chi connectivity index (χ4v) is 0. The fraction of sp³-hybridized carbons (Fsp3) is 1.00. The van der Waals surface area contributed by atoms with Gasteiger partial charge in [-0.25, -0.2) is 8.42 Å². The largest absolute Gasteiger partial charge is 1.00 e. The summed E-state index contributed by atoms with van der Waals surface area (Å²) in [6, 6.07) is 0. The third kappa shape index (κ3) is 5.81. The Balaban J connectivity index is 0. The van der Waals surface area contributed by atoms with Crippen molar-refractivity contribution < 1.29 is 42.5 Å². The van der Waals surface area contributed by atoms with Gasteiger partial charge in [-0.3, -0.25) is 0 Å². The molecule has 1 atom stereocenters. The third-order valence-corrected chi connectivity index (χ3v) is 2.68. The molecule has 0 bridgehead atoms. The van der Waals surface area contributed by atoms with Gasteiger partial charge in [-0.1, -0.05) is 27.5 Å². The molecule has 3 nitrogen and oxygen atoms in total. The van der Waals surface area contributed by atoms with Crippen molar-refractivity contribution in [3.63, 3.8) is 0 Å². The molecule has 0 N–H and O–H groups in total. The molecule has 0 rings (SSSR count). The molecule has 8 heavy (non-hydrogen) atoms. The second-order valence-corrected chi connectivity index (χ2v) is 4.95. The first-order valence-electron chi connectivity index (χ1n) is 1.17. The molecule has 0 saturated heterocycles. The van der Waals surface area contributed by atoms with E-state index in [9.17, 15) is 13.0 Å². The SMILES string of the molecule is O=S(=O)([O-])C(Cl)Br.[Na+]. The van der Waals surface area contributed by atoms with Gasteiger partial charge in [0.2, 0.25) is 0 Å². The minimum absolute atomic E-state index is 0. The van der Waals surface area contributed by atoms with Crippen LogP contribution in [0.3, 0.4) is 0 Å². The molecule has 1 unspecified atom stereocenters. The van der Waals surface area contributed by atoms with E-state index < -0.39 is 13.7 Å². The molecule has 0 fully saturated rings. The van der Waals surface area contributed by atoms with Crippen molar-refractivity contribution >= 4 is 37.6 Å². The zero-order valence-electron chi connectivity index (χ0n) is 3.97. The van der Waals surface area contributed by atoms with E-state index in [0.29, 0.717) is 0 Å². The molecule has 0 saturated carbocycles. The number of alkyl halides is 2. The average molecular weight is 231 g/mol. The van der Waals surface area contributed by atoms with Crippen LogP contribution in [-0.2, 0) is 10.1 Å². The first-order valence-corrected chi connectivity index (χ1v) is 4.00. The van der Waals surface area contributed by atoms with Gasteiger partial charge in [-0.15, -0.1) is 0 Å². The number of hydrogen-bond acceptors (Lipinski definition) is 3. The van der Waals surface area contributed by atoms with E-state index in [2.05, 4.69) is 15.9 Å². The standard InChI is InChI=1S/CH2BrClO3S.Na/c2-1(3)7(4,5)6;/h1H,(H,4,5,6);/q;+1/p-1. The summed E-state index contributed by atoms with van der Waals surface area (Å²) in [6.45, 7) is 0. The maximum atomic E-state index is 9.60. The first-order chi connectivity index (χ1) is 2.94. The van der Waals surface area contributed by atoms with Crippen molar-refractivity contribution in [3.8, 4) is 0 Å². The summed E-state index contributed by atoms with van der Waals surface area (Å²) < 4.78 is 27.3. The molecule has 0 spiro atoms. The Kier molecular flexibility index (Phi) is 6.94. The maximum Gasteiger partial charge on any atom is 1.00 e. The van der Waals surface area contributed by atoms with Crippen molar-refractivity contribution in [2.24, 2.45) is 0 Å². The summed E-state index contributed by atoms with van der Waals surface area (Å²) >= 11 is 7.13. The van der Waals surface area contributed by atoms with Gasteiger partial charge < -0.3 is 4.55 Å². The third-order valence-electron chi connectivity index (χ3n) is 0.218. The summed E-state index contributed by atoms with van der Waals surface area (Å²) in [5.41, 5.74) is 0. The summed E-state index contributed by atoms with van der Waals surface area (Å²) in [5, 5.41) is 0. The number of halogens is 2. The predicted molar refractivity (Wildman–Crippen MR) is 28.3 cm³/mol. The Labute approximate surface area is 83.0 Å². The molecule has 0 heterocycles. The molecular formula is CHBrClNaO3S. The topological polar surface area (TPSA) is 57.2 Å². The van der Waals surface area contributed by atoms with Crippen LogP contribution in [0.25, 0.3) is 0 Å². The minimum atomic E-state index is -4.31. The van der Waals surface area contributed by atoms with E-state index in [1.165, 1.54) is 0 Å². The molecule has 0 aliphatic rings. The van der Waals surface area contributed by atoms with E-state index in [1.54, 1.807) is 0 Å². The normalized spacial score (nSPS) is 14.4. The van der Waals surface area contributed by atoms with Gasteiger partial charge >= 0.3 is 29.6 Å². The van der Waals surface area contributed by atoms with Crippen molar-refractivity contribution in [1.82, 2.24) is 0 Å². The second-order valence-electron chi connectivity index (χ2n) is 0.753. The van der Waals surface area contributed by atoms with Crippen molar-refractivity contribution in [2.75, 3.05) is 0 Å². The Bertz CT molecular complexity index is 141. The van der Waals surface area contributed by atoms with Gasteiger partial charge in [0.25, 0.3) is 0 Å². The van der Waals surface area contributed by atoms with Crippen LogP contribution in [0.2, 0.25) is 0 Å². The zero-order chi connectivity index (χ0) is 6.08. The van der Waals surface area contributed by atoms with Crippen molar-refractivity contribution in [1.29, 1.82) is 0 Å².